The number of halogens is 1. The zero-order valence-electron chi connectivity index (χ0n) is 12.9. The summed E-state index contributed by atoms with van der Waals surface area (Å²) in [5, 5.41) is 10.9. The topological polar surface area (TPSA) is 51.7 Å². The molecule has 3 N–H and O–H groups in total. The molecule has 0 radical (unpaired) electrons. The third-order valence-electron chi connectivity index (χ3n) is 3.09. The normalized spacial score (nSPS) is 17.0. The molecule has 0 aromatic rings. The molecule has 0 bridgehead atoms. The van der Waals surface area contributed by atoms with Gasteiger partial charge in [-0.2, -0.15) is 0 Å². The first-order chi connectivity index (χ1) is 10.0. The van der Waals surface area contributed by atoms with Crippen molar-refractivity contribution >= 4 is 17.6 Å². The van der Waals surface area contributed by atoms with Gasteiger partial charge in [-0.1, -0.05) is 12.2 Å². The number of rotatable bonds is 9. The maximum atomic E-state index is 5.96. The summed E-state index contributed by atoms with van der Waals surface area (Å²) in [6.45, 7) is 11.7. The first-order valence-corrected chi connectivity index (χ1v) is 7.66. The molecule has 2 unspecified atom stereocenters. The number of hydrogen-bond acceptors (Lipinski definition) is 5. The Balaban J connectivity index is 2.55. The highest BCUT2D eigenvalue weighted by Crippen LogP contribution is 2.06. The highest BCUT2D eigenvalue weighted by Gasteiger charge is 2.14. The standard InChI is InChI=1S/C15H26ClN5/c1-5-7-9-12(3)17-14-11-15(20-21(16)19-14)18-13(4)10-8-6-2/h5-6,11-13,17,19H,1-2,7-10H2,3-4H3,(H,18,20). The van der Waals surface area contributed by atoms with Crippen LogP contribution in [0.3, 0.4) is 0 Å². The molecule has 0 fully saturated rings. The van der Waals surface area contributed by atoms with E-state index in [1.54, 1.807) is 0 Å². The lowest BCUT2D eigenvalue weighted by molar-refractivity contribution is 0.359. The van der Waals surface area contributed by atoms with E-state index in [-0.39, 0.29) is 0 Å². The summed E-state index contributed by atoms with van der Waals surface area (Å²) in [6, 6.07) is 0.630. The zero-order chi connectivity index (χ0) is 15.7. The summed E-state index contributed by atoms with van der Waals surface area (Å²) < 4.78 is 1.19. The molecule has 0 amide bonds. The van der Waals surface area contributed by atoms with E-state index < -0.39 is 0 Å². The monoisotopic (exact) mass is 311 g/mol. The minimum absolute atomic E-state index is 0.306. The number of nitrogens with one attached hydrogen (secondary N) is 3. The van der Waals surface area contributed by atoms with E-state index in [9.17, 15) is 0 Å². The van der Waals surface area contributed by atoms with Crippen LogP contribution in [-0.2, 0) is 0 Å². The van der Waals surface area contributed by atoms with E-state index in [1.807, 2.05) is 18.2 Å². The zero-order valence-corrected chi connectivity index (χ0v) is 13.7. The summed E-state index contributed by atoms with van der Waals surface area (Å²) in [5.74, 6) is 1.56. The molecule has 1 heterocycles. The summed E-state index contributed by atoms with van der Waals surface area (Å²) in [5.41, 5.74) is 2.95. The van der Waals surface area contributed by atoms with Crippen LogP contribution in [-0.4, -0.2) is 22.6 Å². The molecule has 0 saturated carbocycles. The minimum Gasteiger partial charge on any atom is -0.368 e. The molecule has 2 atom stereocenters. The van der Waals surface area contributed by atoms with Crippen LogP contribution in [0.25, 0.3) is 0 Å². The number of allylic oxidation sites excluding steroid dienone is 2. The Kier molecular flexibility index (Phi) is 7.75. The molecule has 0 aliphatic carbocycles. The Hall–Kier alpha value is -1.62. The molecule has 0 aromatic carbocycles. The van der Waals surface area contributed by atoms with Crippen molar-refractivity contribution in [2.75, 3.05) is 0 Å². The van der Waals surface area contributed by atoms with Gasteiger partial charge in [-0.15, -0.1) is 22.9 Å². The highest BCUT2D eigenvalue weighted by atomic mass is 35.5. The van der Waals surface area contributed by atoms with Gasteiger partial charge in [0.25, 0.3) is 0 Å². The Labute approximate surface area is 132 Å². The number of hydrazone groups is 1. The largest absolute Gasteiger partial charge is 0.368 e. The second-order valence-corrected chi connectivity index (χ2v) is 5.56. The Morgan fingerprint density at radius 3 is 2.38 bits per heavy atom. The van der Waals surface area contributed by atoms with Gasteiger partial charge in [0.1, 0.15) is 5.82 Å². The fourth-order valence-electron chi connectivity index (χ4n) is 1.96. The van der Waals surface area contributed by atoms with Gasteiger partial charge in [0.15, 0.2) is 5.84 Å². The first kappa shape index (κ1) is 17.4. The maximum absolute atomic E-state index is 5.96. The lowest BCUT2D eigenvalue weighted by Gasteiger charge is -2.26. The van der Waals surface area contributed by atoms with Crippen molar-refractivity contribution in [2.45, 2.75) is 51.6 Å². The lowest BCUT2D eigenvalue weighted by atomic mass is 10.2. The molecule has 5 nitrogen and oxygen atoms in total. The van der Waals surface area contributed by atoms with Gasteiger partial charge in [-0.05, 0) is 39.5 Å². The first-order valence-electron chi connectivity index (χ1n) is 7.33. The summed E-state index contributed by atoms with van der Waals surface area (Å²) in [7, 11) is 0. The van der Waals surface area contributed by atoms with Crippen molar-refractivity contribution in [3.8, 4) is 0 Å². The molecule has 118 valence electrons. The quantitative estimate of drug-likeness (QED) is 0.452. The summed E-state index contributed by atoms with van der Waals surface area (Å²) in [4.78, 5) is 0. The second-order valence-electron chi connectivity index (χ2n) is 5.24. The van der Waals surface area contributed by atoms with Crippen LogP contribution in [0.5, 0.6) is 0 Å². The second kappa shape index (κ2) is 9.34. The summed E-state index contributed by atoms with van der Waals surface area (Å²) >= 11 is 5.96. The molecule has 0 saturated heterocycles. The Bertz CT molecular complexity index is 405. The fraction of sp³-hybridized carbons (Fsp3) is 0.533. The van der Waals surface area contributed by atoms with Crippen LogP contribution in [0.15, 0.2) is 42.3 Å². The Morgan fingerprint density at radius 1 is 1.24 bits per heavy atom. The number of nitrogens with zero attached hydrogens (tertiary/aromatic N) is 2. The molecule has 0 aromatic heterocycles. The molecule has 1 aliphatic heterocycles. The van der Waals surface area contributed by atoms with E-state index in [2.05, 4.69) is 48.2 Å². The van der Waals surface area contributed by atoms with Gasteiger partial charge in [0, 0.05) is 18.2 Å². The molecule has 0 spiro atoms. The number of hydrogen-bond donors (Lipinski definition) is 3. The molecule has 1 aliphatic rings. The fourth-order valence-corrected chi connectivity index (χ4v) is 2.13. The van der Waals surface area contributed by atoms with Gasteiger partial charge in [0.2, 0.25) is 0 Å². The van der Waals surface area contributed by atoms with Crippen LogP contribution in [0.4, 0.5) is 0 Å². The van der Waals surface area contributed by atoms with Crippen LogP contribution < -0.4 is 16.1 Å². The van der Waals surface area contributed by atoms with Gasteiger partial charge >= 0.3 is 0 Å². The van der Waals surface area contributed by atoms with Crippen molar-refractivity contribution in [3.63, 3.8) is 0 Å². The lowest BCUT2D eigenvalue weighted by Crippen LogP contribution is -2.44. The predicted octanol–water partition coefficient (Wildman–Crippen LogP) is 3.00. The van der Waals surface area contributed by atoms with Crippen molar-refractivity contribution < 1.29 is 0 Å². The van der Waals surface area contributed by atoms with E-state index >= 15 is 0 Å². The predicted molar refractivity (Wildman–Crippen MR) is 90.4 cm³/mol. The van der Waals surface area contributed by atoms with Gasteiger partial charge in [0.05, 0.1) is 11.8 Å². The smallest absolute Gasteiger partial charge is 0.153 e. The van der Waals surface area contributed by atoms with Crippen LogP contribution in [0.2, 0.25) is 0 Å². The molecule has 21 heavy (non-hydrogen) atoms. The SMILES string of the molecule is C=CCCC(C)NC1=CC(NC(C)CCC=C)=NN(Cl)N1. The van der Waals surface area contributed by atoms with Crippen molar-refractivity contribution in [3.05, 3.63) is 37.2 Å². The number of amidine groups is 1. The minimum atomic E-state index is 0.306. The van der Waals surface area contributed by atoms with Gasteiger partial charge in [-0.25, -0.2) is 0 Å². The van der Waals surface area contributed by atoms with Gasteiger partial charge in [-0.3, -0.25) is 5.43 Å². The molecule has 6 heteroatoms. The average molecular weight is 312 g/mol. The molecule has 1 rings (SSSR count). The van der Waals surface area contributed by atoms with E-state index in [0.29, 0.717) is 12.1 Å². The van der Waals surface area contributed by atoms with E-state index in [0.717, 1.165) is 37.3 Å². The third kappa shape index (κ3) is 7.09. The van der Waals surface area contributed by atoms with Crippen LogP contribution in [0, 0.1) is 0 Å². The maximum Gasteiger partial charge on any atom is 0.153 e. The van der Waals surface area contributed by atoms with Crippen LogP contribution in [0.1, 0.15) is 39.5 Å². The average Bonchev–Trinajstić information content (AvgIpc) is 2.42. The van der Waals surface area contributed by atoms with Crippen molar-refractivity contribution in [1.29, 1.82) is 0 Å². The van der Waals surface area contributed by atoms with Crippen molar-refractivity contribution in [1.82, 2.24) is 20.7 Å². The van der Waals surface area contributed by atoms with Gasteiger partial charge < -0.3 is 10.6 Å². The summed E-state index contributed by atoms with van der Waals surface area (Å²) in [6.07, 6.45) is 9.73. The van der Waals surface area contributed by atoms with E-state index in [4.69, 9.17) is 11.8 Å². The number of hydrazine groups is 1. The van der Waals surface area contributed by atoms with E-state index in [1.165, 1.54) is 4.64 Å². The molecular formula is C15H26ClN5. The van der Waals surface area contributed by atoms with Crippen LogP contribution >= 0.6 is 11.8 Å². The highest BCUT2D eigenvalue weighted by molar-refractivity contribution is 6.14. The Morgan fingerprint density at radius 2 is 1.81 bits per heavy atom. The molecular weight excluding hydrogens is 286 g/mol. The van der Waals surface area contributed by atoms with Crippen molar-refractivity contribution in [2.24, 2.45) is 5.10 Å². The third-order valence-corrected chi connectivity index (χ3v) is 3.25.